The molecule has 1 N–H and O–H groups in total. The zero-order valence-corrected chi connectivity index (χ0v) is 19.3. The van der Waals surface area contributed by atoms with Crippen LogP contribution in [-0.4, -0.2) is 44.2 Å². The Morgan fingerprint density at radius 1 is 1.20 bits per heavy atom. The Balaban J connectivity index is 1.70. The molecule has 6 nitrogen and oxygen atoms in total. The van der Waals surface area contributed by atoms with E-state index in [2.05, 4.69) is 23.6 Å². The molecule has 0 bridgehead atoms. The van der Waals surface area contributed by atoms with Crippen LogP contribution in [0.1, 0.15) is 64.5 Å². The van der Waals surface area contributed by atoms with Crippen molar-refractivity contribution in [2.75, 3.05) is 13.1 Å². The first-order valence-electron chi connectivity index (χ1n) is 11.0. The zero-order chi connectivity index (χ0) is 21.9. The van der Waals surface area contributed by atoms with E-state index >= 15 is 0 Å². The molecule has 2 aliphatic heterocycles. The number of likely N-dealkylation sites (tertiary alicyclic amines) is 1. The predicted octanol–water partition coefficient (Wildman–Crippen LogP) is 3.74. The summed E-state index contributed by atoms with van der Waals surface area (Å²) in [5.41, 5.74) is 2.57. The normalized spacial score (nSPS) is 20.3. The van der Waals surface area contributed by atoms with Gasteiger partial charge in [-0.3, -0.25) is 4.79 Å². The summed E-state index contributed by atoms with van der Waals surface area (Å²) in [4.78, 5) is 14.6. The molecule has 1 saturated heterocycles. The van der Waals surface area contributed by atoms with Crippen LogP contribution < -0.4 is 5.32 Å². The summed E-state index contributed by atoms with van der Waals surface area (Å²) < 4.78 is 29.7. The van der Waals surface area contributed by atoms with Crippen molar-refractivity contribution in [2.24, 2.45) is 10.3 Å². The van der Waals surface area contributed by atoms with E-state index in [1.54, 1.807) is 0 Å². The van der Waals surface area contributed by atoms with Crippen molar-refractivity contribution < 1.29 is 13.2 Å². The van der Waals surface area contributed by atoms with Gasteiger partial charge in [0.05, 0.1) is 0 Å². The lowest BCUT2D eigenvalue weighted by atomic mass is 10.0. The number of hydrogen-bond donors (Lipinski definition) is 1. The molecule has 0 radical (unpaired) electrons. The van der Waals surface area contributed by atoms with Gasteiger partial charge in [-0.05, 0) is 43.7 Å². The molecule has 2 aliphatic rings. The second-order valence-corrected chi connectivity index (χ2v) is 9.90. The van der Waals surface area contributed by atoms with Crippen LogP contribution in [0.15, 0.2) is 34.2 Å². The minimum atomic E-state index is -3.70. The van der Waals surface area contributed by atoms with Crippen molar-refractivity contribution in [3.63, 3.8) is 0 Å². The van der Waals surface area contributed by atoms with Gasteiger partial charge in [0.2, 0.25) is 5.91 Å². The molecule has 0 spiro atoms. The molecule has 1 amide bonds. The number of aryl methyl sites for hydroxylation is 1. The highest BCUT2D eigenvalue weighted by molar-refractivity contribution is 8.00. The standard InChI is InChI=1S/C23H33N3O3S/c1-5-7-16(3)23(27)24-20-12-14-26(15-13-20)22-17(4)21(30(28,29)25-22)19-10-8-18(6-2)9-11-19/h8-11,16,20H,5-7,12-15H2,1-4H3,(H,24,27)/t16-/m1/s1. The highest BCUT2D eigenvalue weighted by Crippen LogP contribution is 2.34. The van der Waals surface area contributed by atoms with Crippen LogP contribution in [0.3, 0.4) is 0 Å². The van der Waals surface area contributed by atoms with Gasteiger partial charge in [0.15, 0.2) is 0 Å². The van der Waals surface area contributed by atoms with Gasteiger partial charge in [0.25, 0.3) is 10.0 Å². The van der Waals surface area contributed by atoms with Crippen LogP contribution in [0.2, 0.25) is 0 Å². The smallest absolute Gasteiger partial charge is 0.285 e. The molecule has 30 heavy (non-hydrogen) atoms. The van der Waals surface area contributed by atoms with E-state index in [9.17, 15) is 13.2 Å². The summed E-state index contributed by atoms with van der Waals surface area (Å²) in [6, 6.07) is 7.81. The fourth-order valence-electron chi connectivity index (χ4n) is 4.22. The average Bonchev–Trinajstić information content (AvgIpc) is 2.97. The van der Waals surface area contributed by atoms with E-state index in [1.165, 1.54) is 5.56 Å². The number of carbonyl (C=O) groups excluding carboxylic acids is 1. The molecule has 1 atom stereocenters. The molecule has 1 fully saturated rings. The van der Waals surface area contributed by atoms with E-state index in [0.717, 1.165) is 32.1 Å². The highest BCUT2D eigenvalue weighted by Gasteiger charge is 2.35. The SMILES string of the molecule is CCC[C@@H](C)C(=O)NC1CCN(C2=NS(=O)(=O)C(c3ccc(CC)cc3)=C2C)CC1. The first-order chi connectivity index (χ1) is 14.3. The predicted molar refractivity (Wildman–Crippen MR) is 122 cm³/mol. The second-order valence-electron chi connectivity index (χ2n) is 8.35. The number of nitrogens with zero attached hydrogens (tertiary/aromatic N) is 2. The van der Waals surface area contributed by atoms with E-state index < -0.39 is 10.0 Å². The molecule has 164 valence electrons. The minimum Gasteiger partial charge on any atom is -0.356 e. The third-order valence-electron chi connectivity index (χ3n) is 6.08. The number of benzene rings is 1. The molecule has 2 heterocycles. The van der Waals surface area contributed by atoms with Gasteiger partial charge < -0.3 is 10.2 Å². The first kappa shape index (κ1) is 22.5. The summed E-state index contributed by atoms with van der Waals surface area (Å²) >= 11 is 0. The summed E-state index contributed by atoms with van der Waals surface area (Å²) in [5, 5.41) is 3.15. The molecular weight excluding hydrogens is 398 g/mol. The van der Waals surface area contributed by atoms with E-state index in [1.807, 2.05) is 43.0 Å². The molecular formula is C23H33N3O3S. The van der Waals surface area contributed by atoms with Crippen molar-refractivity contribution >= 4 is 26.7 Å². The highest BCUT2D eigenvalue weighted by atomic mass is 32.2. The maximum atomic E-state index is 12.8. The van der Waals surface area contributed by atoms with Gasteiger partial charge in [-0.15, -0.1) is 4.40 Å². The number of amides is 1. The fraction of sp³-hybridized carbons (Fsp3) is 0.565. The largest absolute Gasteiger partial charge is 0.356 e. The topological polar surface area (TPSA) is 78.8 Å². The summed E-state index contributed by atoms with van der Waals surface area (Å²) in [6.07, 6.45) is 4.38. The number of piperidine rings is 1. The monoisotopic (exact) mass is 431 g/mol. The van der Waals surface area contributed by atoms with Gasteiger partial charge in [-0.25, -0.2) is 0 Å². The number of sulfonamides is 1. The average molecular weight is 432 g/mol. The van der Waals surface area contributed by atoms with Gasteiger partial charge in [-0.1, -0.05) is 51.5 Å². The van der Waals surface area contributed by atoms with Crippen LogP contribution >= 0.6 is 0 Å². The van der Waals surface area contributed by atoms with Crippen molar-refractivity contribution in [2.45, 2.75) is 65.8 Å². The maximum absolute atomic E-state index is 12.8. The fourth-order valence-corrected chi connectivity index (χ4v) is 5.70. The Bertz CT molecular complexity index is 940. The second kappa shape index (κ2) is 9.33. The third-order valence-corrected chi connectivity index (χ3v) is 7.55. The molecule has 3 rings (SSSR count). The number of nitrogens with one attached hydrogen (secondary N) is 1. The Morgan fingerprint density at radius 2 is 1.83 bits per heavy atom. The van der Waals surface area contributed by atoms with Crippen LogP contribution in [-0.2, 0) is 21.2 Å². The number of amidine groups is 1. The van der Waals surface area contributed by atoms with Gasteiger partial charge >= 0.3 is 0 Å². The number of rotatable bonds is 6. The molecule has 1 aromatic carbocycles. The lowest BCUT2D eigenvalue weighted by Gasteiger charge is -2.34. The quantitative estimate of drug-likeness (QED) is 0.744. The molecule has 0 saturated carbocycles. The molecule has 7 heteroatoms. The molecule has 0 aromatic heterocycles. The Hall–Kier alpha value is -2.15. The van der Waals surface area contributed by atoms with Gasteiger partial charge in [-0.2, -0.15) is 8.42 Å². The molecule has 1 aromatic rings. The Kier molecular flexibility index (Phi) is 7.01. The zero-order valence-electron chi connectivity index (χ0n) is 18.4. The van der Waals surface area contributed by atoms with Gasteiger partial charge in [0, 0.05) is 30.6 Å². The van der Waals surface area contributed by atoms with Crippen LogP contribution in [0.25, 0.3) is 4.91 Å². The van der Waals surface area contributed by atoms with E-state index in [-0.39, 0.29) is 17.9 Å². The molecule has 0 aliphatic carbocycles. The lowest BCUT2D eigenvalue weighted by molar-refractivity contribution is -0.125. The Morgan fingerprint density at radius 3 is 2.40 bits per heavy atom. The minimum absolute atomic E-state index is 0.0317. The molecule has 0 unspecified atom stereocenters. The van der Waals surface area contributed by atoms with Crippen molar-refractivity contribution in [3.05, 3.63) is 41.0 Å². The third kappa shape index (κ3) is 4.77. The summed E-state index contributed by atoms with van der Waals surface area (Å²) in [6.45, 7) is 9.33. The van der Waals surface area contributed by atoms with Crippen molar-refractivity contribution in [1.29, 1.82) is 0 Å². The number of carbonyl (C=O) groups is 1. The maximum Gasteiger partial charge on any atom is 0.285 e. The van der Waals surface area contributed by atoms with Gasteiger partial charge in [0.1, 0.15) is 10.7 Å². The van der Waals surface area contributed by atoms with E-state index in [4.69, 9.17) is 0 Å². The van der Waals surface area contributed by atoms with Crippen LogP contribution in [0.5, 0.6) is 0 Å². The van der Waals surface area contributed by atoms with Crippen LogP contribution in [0.4, 0.5) is 0 Å². The van der Waals surface area contributed by atoms with Crippen LogP contribution in [0, 0.1) is 5.92 Å². The Labute approximate surface area is 180 Å². The summed E-state index contributed by atoms with van der Waals surface area (Å²) in [7, 11) is -3.70. The van der Waals surface area contributed by atoms with Crippen molar-refractivity contribution in [1.82, 2.24) is 10.2 Å². The lowest BCUT2D eigenvalue weighted by Crippen LogP contribution is -2.47. The first-order valence-corrected chi connectivity index (χ1v) is 12.4. The van der Waals surface area contributed by atoms with Crippen molar-refractivity contribution in [3.8, 4) is 0 Å². The summed E-state index contributed by atoms with van der Waals surface area (Å²) in [5.74, 6) is 0.697. The number of hydrogen-bond acceptors (Lipinski definition) is 4. The van der Waals surface area contributed by atoms with E-state index in [0.29, 0.717) is 35.0 Å².